The Bertz CT molecular complexity index is 504. The number of nitrogens with one attached hydrogen (secondary N) is 3. The summed E-state index contributed by atoms with van der Waals surface area (Å²) in [6.07, 6.45) is 0. The van der Waals surface area contributed by atoms with Crippen LogP contribution in [0.15, 0.2) is 29.3 Å². The van der Waals surface area contributed by atoms with Crippen LogP contribution in [0.3, 0.4) is 0 Å². The molecule has 0 spiro atoms. The highest BCUT2D eigenvalue weighted by atomic mass is 127. The van der Waals surface area contributed by atoms with Crippen LogP contribution in [0.2, 0.25) is 0 Å². The molecule has 0 unspecified atom stereocenters. The van der Waals surface area contributed by atoms with Crippen LogP contribution in [0, 0.1) is 5.92 Å². The second kappa shape index (κ2) is 13.0. The van der Waals surface area contributed by atoms with Crippen LogP contribution in [0.25, 0.3) is 0 Å². The predicted molar refractivity (Wildman–Crippen MR) is 110 cm³/mol. The third-order valence-corrected chi connectivity index (χ3v) is 3.17. The SMILES string of the molecule is CCOCCNC(=NC)NCc1ccc(NC(=O)C(C)C)cc1.I. The average molecular weight is 448 g/mol. The molecule has 0 fully saturated rings. The molecule has 0 saturated carbocycles. The summed E-state index contributed by atoms with van der Waals surface area (Å²) in [4.78, 5) is 15.8. The molecule has 0 bridgehead atoms. The first-order valence-corrected chi connectivity index (χ1v) is 7.98. The van der Waals surface area contributed by atoms with Gasteiger partial charge in [-0.2, -0.15) is 0 Å². The van der Waals surface area contributed by atoms with Crippen LogP contribution in [0.4, 0.5) is 5.69 Å². The van der Waals surface area contributed by atoms with Crippen molar-refractivity contribution in [3.63, 3.8) is 0 Å². The number of guanidine groups is 1. The fraction of sp³-hybridized carbons (Fsp3) is 0.529. The van der Waals surface area contributed by atoms with Crippen LogP contribution >= 0.6 is 24.0 Å². The van der Waals surface area contributed by atoms with Crippen LogP contribution in [0.5, 0.6) is 0 Å². The van der Waals surface area contributed by atoms with E-state index in [1.165, 1.54) is 0 Å². The van der Waals surface area contributed by atoms with Crippen LogP contribution in [0.1, 0.15) is 26.3 Å². The van der Waals surface area contributed by atoms with E-state index in [0.29, 0.717) is 26.3 Å². The summed E-state index contributed by atoms with van der Waals surface area (Å²) in [6, 6.07) is 7.78. The molecule has 0 aliphatic carbocycles. The fourth-order valence-corrected chi connectivity index (χ4v) is 1.78. The van der Waals surface area contributed by atoms with E-state index in [4.69, 9.17) is 4.74 Å². The van der Waals surface area contributed by atoms with Crippen LogP contribution in [-0.2, 0) is 16.1 Å². The van der Waals surface area contributed by atoms with Gasteiger partial charge in [-0.3, -0.25) is 9.79 Å². The maximum atomic E-state index is 11.6. The molecule has 7 heteroatoms. The Morgan fingerprint density at radius 1 is 1.21 bits per heavy atom. The average Bonchev–Trinajstić information content (AvgIpc) is 2.55. The van der Waals surface area contributed by atoms with Gasteiger partial charge in [0.25, 0.3) is 0 Å². The lowest BCUT2D eigenvalue weighted by atomic mass is 10.1. The Morgan fingerprint density at radius 3 is 2.42 bits per heavy atom. The van der Waals surface area contributed by atoms with Gasteiger partial charge in [-0.1, -0.05) is 26.0 Å². The zero-order valence-corrected chi connectivity index (χ0v) is 17.2. The number of carbonyl (C=O) groups excluding carboxylic acids is 1. The summed E-state index contributed by atoms with van der Waals surface area (Å²) in [5, 5.41) is 9.29. The van der Waals surface area contributed by atoms with Gasteiger partial charge in [0.05, 0.1) is 6.61 Å². The van der Waals surface area contributed by atoms with Crippen molar-refractivity contribution in [1.82, 2.24) is 10.6 Å². The van der Waals surface area contributed by atoms with E-state index in [2.05, 4.69) is 20.9 Å². The number of amides is 1. The Balaban J connectivity index is 0.00000529. The molecule has 1 amide bonds. The van der Waals surface area contributed by atoms with Gasteiger partial charge in [0.2, 0.25) is 5.91 Å². The van der Waals surface area contributed by atoms with Crippen LogP contribution in [-0.4, -0.2) is 38.7 Å². The van der Waals surface area contributed by atoms with Crippen molar-refractivity contribution in [2.45, 2.75) is 27.3 Å². The molecule has 0 aliphatic rings. The fourth-order valence-electron chi connectivity index (χ4n) is 1.78. The first-order chi connectivity index (χ1) is 11.1. The van der Waals surface area contributed by atoms with E-state index in [9.17, 15) is 4.79 Å². The van der Waals surface area contributed by atoms with Crippen molar-refractivity contribution in [3.8, 4) is 0 Å². The van der Waals surface area contributed by atoms with Gasteiger partial charge in [0.1, 0.15) is 0 Å². The molecule has 1 aromatic carbocycles. The van der Waals surface area contributed by atoms with E-state index in [-0.39, 0.29) is 35.8 Å². The summed E-state index contributed by atoms with van der Waals surface area (Å²) in [6.45, 7) is 8.46. The lowest BCUT2D eigenvalue weighted by molar-refractivity contribution is -0.118. The highest BCUT2D eigenvalue weighted by Crippen LogP contribution is 2.10. The molecule has 24 heavy (non-hydrogen) atoms. The number of hydrogen-bond acceptors (Lipinski definition) is 3. The maximum Gasteiger partial charge on any atom is 0.226 e. The Kier molecular flexibility index (Phi) is 12.3. The highest BCUT2D eigenvalue weighted by molar-refractivity contribution is 14.0. The summed E-state index contributed by atoms with van der Waals surface area (Å²) >= 11 is 0. The largest absolute Gasteiger partial charge is 0.380 e. The summed E-state index contributed by atoms with van der Waals surface area (Å²) in [5.41, 5.74) is 1.92. The lowest BCUT2D eigenvalue weighted by Crippen LogP contribution is -2.38. The Hall–Kier alpha value is -1.35. The van der Waals surface area contributed by atoms with Crippen molar-refractivity contribution in [2.75, 3.05) is 32.1 Å². The van der Waals surface area contributed by atoms with Crippen molar-refractivity contribution in [3.05, 3.63) is 29.8 Å². The molecule has 1 rings (SSSR count). The van der Waals surface area contributed by atoms with E-state index in [0.717, 1.165) is 17.2 Å². The normalized spacial score (nSPS) is 11.0. The lowest BCUT2D eigenvalue weighted by Gasteiger charge is -2.12. The number of hydrogen-bond donors (Lipinski definition) is 3. The topological polar surface area (TPSA) is 74.8 Å². The monoisotopic (exact) mass is 448 g/mol. The molecular weight excluding hydrogens is 419 g/mol. The first kappa shape index (κ1) is 22.6. The van der Waals surface area contributed by atoms with Gasteiger partial charge in [-0.15, -0.1) is 24.0 Å². The molecule has 0 aliphatic heterocycles. The number of nitrogens with zero attached hydrogens (tertiary/aromatic N) is 1. The number of carbonyl (C=O) groups is 1. The molecule has 0 heterocycles. The van der Waals surface area contributed by atoms with Crippen molar-refractivity contribution in [1.29, 1.82) is 0 Å². The minimum Gasteiger partial charge on any atom is -0.380 e. The van der Waals surface area contributed by atoms with E-state index < -0.39 is 0 Å². The zero-order chi connectivity index (χ0) is 17.1. The van der Waals surface area contributed by atoms with Gasteiger partial charge in [-0.05, 0) is 24.6 Å². The van der Waals surface area contributed by atoms with Gasteiger partial charge in [-0.25, -0.2) is 0 Å². The van der Waals surface area contributed by atoms with Gasteiger partial charge < -0.3 is 20.7 Å². The molecule has 0 atom stereocenters. The van der Waals surface area contributed by atoms with E-state index in [1.807, 2.05) is 45.0 Å². The predicted octanol–water partition coefficient (Wildman–Crippen LogP) is 2.60. The smallest absolute Gasteiger partial charge is 0.226 e. The number of anilines is 1. The minimum atomic E-state index is -0.0255. The molecule has 136 valence electrons. The molecule has 6 nitrogen and oxygen atoms in total. The number of benzene rings is 1. The summed E-state index contributed by atoms with van der Waals surface area (Å²) in [7, 11) is 1.74. The standard InChI is InChI=1S/C17H28N4O2.HI/c1-5-23-11-10-19-17(18-4)20-12-14-6-8-15(9-7-14)21-16(22)13(2)3;/h6-9,13H,5,10-12H2,1-4H3,(H,21,22)(H2,18,19,20);1H. The second-order valence-corrected chi connectivity index (χ2v) is 5.39. The summed E-state index contributed by atoms with van der Waals surface area (Å²) < 4.78 is 5.27. The van der Waals surface area contributed by atoms with Gasteiger partial charge in [0.15, 0.2) is 5.96 Å². The van der Waals surface area contributed by atoms with Gasteiger partial charge >= 0.3 is 0 Å². The highest BCUT2D eigenvalue weighted by Gasteiger charge is 2.06. The third kappa shape index (κ3) is 9.07. The van der Waals surface area contributed by atoms with E-state index >= 15 is 0 Å². The minimum absolute atomic E-state index is 0. The second-order valence-electron chi connectivity index (χ2n) is 5.39. The zero-order valence-electron chi connectivity index (χ0n) is 14.9. The quantitative estimate of drug-likeness (QED) is 0.248. The van der Waals surface area contributed by atoms with Crippen molar-refractivity contribution < 1.29 is 9.53 Å². The molecule has 0 saturated heterocycles. The molecule has 0 radical (unpaired) electrons. The van der Waals surface area contributed by atoms with Crippen LogP contribution < -0.4 is 16.0 Å². The Labute approximate surface area is 161 Å². The number of ether oxygens (including phenoxy) is 1. The van der Waals surface area contributed by atoms with Crippen molar-refractivity contribution in [2.24, 2.45) is 10.9 Å². The number of aliphatic imine (C=N–C) groups is 1. The maximum absolute atomic E-state index is 11.6. The molecule has 1 aromatic rings. The Morgan fingerprint density at radius 2 is 1.88 bits per heavy atom. The van der Waals surface area contributed by atoms with Crippen molar-refractivity contribution >= 4 is 41.5 Å². The van der Waals surface area contributed by atoms with Gasteiger partial charge in [0, 0.05) is 38.3 Å². The number of halogens is 1. The third-order valence-electron chi connectivity index (χ3n) is 3.17. The van der Waals surface area contributed by atoms with E-state index in [1.54, 1.807) is 7.05 Å². The molecule has 0 aromatic heterocycles. The first-order valence-electron chi connectivity index (χ1n) is 7.98. The number of rotatable bonds is 8. The summed E-state index contributed by atoms with van der Waals surface area (Å²) in [5.74, 6) is 0.735. The molecular formula is C17H29IN4O2. The molecule has 3 N–H and O–H groups in total.